The second-order valence-electron chi connectivity index (χ2n) is 5.63. The predicted octanol–water partition coefficient (Wildman–Crippen LogP) is 3.13. The largest absolute Gasteiger partial charge is 0.392 e. The molecule has 3 nitrogen and oxygen atoms in total. The number of thiocarbonyl (C=S) groups is 1. The molecular weight excluding hydrogens is 268 g/mol. The molecule has 0 aliphatic rings. The summed E-state index contributed by atoms with van der Waals surface area (Å²) in [5.74, 6) is 0.400. The smallest absolute Gasteiger partial charge is 0.233 e. The number of nitrogens with two attached hydrogens (primary N) is 1. The molecule has 0 saturated carbocycles. The maximum Gasteiger partial charge on any atom is 0.233 e. The van der Waals surface area contributed by atoms with Crippen LogP contribution in [0.15, 0.2) is 24.3 Å². The summed E-state index contributed by atoms with van der Waals surface area (Å²) in [6.45, 7) is 8.51. The second kappa shape index (κ2) is 6.84. The van der Waals surface area contributed by atoms with Crippen molar-refractivity contribution in [1.29, 1.82) is 0 Å². The van der Waals surface area contributed by atoms with Gasteiger partial charge < -0.3 is 11.1 Å². The van der Waals surface area contributed by atoms with E-state index in [1.807, 2.05) is 19.1 Å². The summed E-state index contributed by atoms with van der Waals surface area (Å²) in [7, 11) is 0. The maximum atomic E-state index is 12.2. The number of rotatable bonds is 6. The molecule has 4 heteroatoms. The molecule has 0 aromatic heterocycles. The zero-order chi connectivity index (χ0) is 15.3. The van der Waals surface area contributed by atoms with Crippen molar-refractivity contribution < 1.29 is 4.79 Å². The average molecular weight is 292 g/mol. The van der Waals surface area contributed by atoms with E-state index in [1.54, 1.807) is 6.92 Å². The first kappa shape index (κ1) is 16.6. The fourth-order valence-corrected chi connectivity index (χ4v) is 2.08. The summed E-state index contributed by atoms with van der Waals surface area (Å²) in [4.78, 5) is 12.5. The normalized spacial score (nSPS) is 13.8. The molecule has 1 aromatic carbocycles. The maximum absolute atomic E-state index is 12.2. The van der Waals surface area contributed by atoms with Gasteiger partial charge in [0.15, 0.2) is 0 Å². The standard InChI is InChI=1S/C16H24N2OS/c1-5-16(4,14(17)20)15(19)18-10-12-6-8-13(9-7-12)11(2)3/h6-9,11H,5,10H2,1-4H3,(H2,17,20)(H,18,19). The number of carbonyl (C=O) groups excluding carboxylic acids is 1. The first-order chi connectivity index (χ1) is 9.31. The van der Waals surface area contributed by atoms with Gasteiger partial charge in [-0.15, -0.1) is 0 Å². The monoisotopic (exact) mass is 292 g/mol. The van der Waals surface area contributed by atoms with Crippen LogP contribution in [0.3, 0.4) is 0 Å². The molecule has 0 fully saturated rings. The first-order valence-corrected chi connectivity index (χ1v) is 7.39. The van der Waals surface area contributed by atoms with E-state index in [2.05, 4.69) is 31.3 Å². The molecule has 3 N–H and O–H groups in total. The minimum absolute atomic E-state index is 0.111. The highest BCUT2D eigenvalue weighted by molar-refractivity contribution is 7.80. The first-order valence-electron chi connectivity index (χ1n) is 6.98. The SMILES string of the molecule is CCC(C)(C(=O)NCc1ccc(C(C)C)cc1)C(N)=S. The van der Waals surface area contributed by atoms with Gasteiger partial charge in [-0.05, 0) is 30.4 Å². The van der Waals surface area contributed by atoms with Crippen LogP contribution in [-0.4, -0.2) is 10.9 Å². The number of carbonyl (C=O) groups is 1. The number of hydrogen-bond acceptors (Lipinski definition) is 2. The van der Waals surface area contributed by atoms with Gasteiger partial charge in [-0.3, -0.25) is 4.79 Å². The second-order valence-corrected chi connectivity index (χ2v) is 6.07. The van der Waals surface area contributed by atoms with Crippen LogP contribution in [0, 0.1) is 5.41 Å². The highest BCUT2D eigenvalue weighted by atomic mass is 32.1. The van der Waals surface area contributed by atoms with Gasteiger partial charge >= 0.3 is 0 Å². The Hall–Kier alpha value is -1.42. The van der Waals surface area contributed by atoms with E-state index in [1.165, 1.54) is 5.56 Å². The van der Waals surface area contributed by atoms with Crippen molar-refractivity contribution in [2.45, 2.75) is 46.6 Å². The van der Waals surface area contributed by atoms with Crippen LogP contribution in [0.5, 0.6) is 0 Å². The lowest BCUT2D eigenvalue weighted by Crippen LogP contribution is -2.46. The Balaban J connectivity index is 2.67. The van der Waals surface area contributed by atoms with Gasteiger partial charge in [0.05, 0.1) is 10.4 Å². The van der Waals surface area contributed by atoms with Gasteiger partial charge in [0.25, 0.3) is 0 Å². The van der Waals surface area contributed by atoms with E-state index in [9.17, 15) is 4.79 Å². The van der Waals surface area contributed by atoms with E-state index < -0.39 is 5.41 Å². The van der Waals surface area contributed by atoms with Gasteiger partial charge in [-0.1, -0.05) is 57.3 Å². The van der Waals surface area contributed by atoms with Crippen LogP contribution in [0.2, 0.25) is 0 Å². The summed E-state index contributed by atoms with van der Waals surface area (Å²) in [6, 6.07) is 8.27. The Morgan fingerprint density at radius 3 is 2.30 bits per heavy atom. The third-order valence-electron chi connectivity index (χ3n) is 3.85. The Morgan fingerprint density at radius 2 is 1.90 bits per heavy atom. The topological polar surface area (TPSA) is 55.1 Å². The van der Waals surface area contributed by atoms with Crippen LogP contribution in [-0.2, 0) is 11.3 Å². The molecule has 110 valence electrons. The number of nitrogens with one attached hydrogen (secondary N) is 1. The van der Waals surface area contributed by atoms with Crippen molar-refractivity contribution in [1.82, 2.24) is 5.32 Å². The van der Waals surface area contributed by atoms with Gasteiger partial charge in [0.1, 0.15) is 0 Å². The molecule has 20 heavy (non-hydrogen) atoms. The number of hydrogen-bond donors (Lipinski definition) is 2. The van der Waals surface area contributed by atoms with Crippen LogP contribution in [0.1, 0.15) is 51.2 Å². The highest BCUT2D eigenvalue weighted by Gasteiger charge is 2.34. The molecule has 0 radical (unpaired) electrons. The van der Waals surface area contributed by atoms with Crippen molar-refractivity contribution in [2.75, 3.05) is 0 Å². The molecule has 0 heterocycles. The van der Waals surface area contributed by atoms with Crippen molar-refractivity contribution in [3.63, 3.8) is 0 Å². The zero-order valence-corrected chi connectivity index (χ0v) is 13.5. The molecule has 1 amide bonds. The quantitative estimate of drug-likeness (QED) is 0.792. The average Bonchev–Trinajstić information content (AvgIpc) is 2.43. The Kier molecular flexibility index (Phi) is 5.69. The Bertz CT molecular complexity index is 482. The Morgan fingerprint density at radius 1 is 1.35 bits per heavy atom. The van der Waals surface area contributed by atoms with Crippen LogP contribution < -0.4 is 11.1 Å². The minimum atomic E-state index is -0.771. The van der Waals surface area contributed by atoms with Crippen LogP contribution >= 0.6 is 12.2 Å². The molecule has 0 aliphatic carbocycles. The van der Waals surface area contributed by atoms with E-state index >= 15 is 0 Å². The highest BCUT2D eigenvalue weighted by Crippen LogP contribution is 2.22. The fraction of sp³-hybridized carbons (Fsp3) is 0.500. The summed E-state index contributed by atoms with van der Waals surface area (Å²) in [5.41, 5.74) is 7.27. The number of amides is 1. The van der Waals surface area contributed by atoms with Crippen molar-refractivity contribution >= 4 is 23.1 Å². The molecule has 0 bridgehead atoms. The van der Waals surface area contributed by atoms with Gasteiger partial charge in [0.2, 0.25) is 5.91 Å². The third kappa shape index (κ3) is 3.79. The molecule has 0 spiro atoms. The third-order valence-corrected chi connectivity index (χ3v) is 4.30. The zero-order valence-electron chi connectivity index (χ0n) is 12.7. The molecular formula is C16H24N2OS. The van der Waals surface area contributed by atoms with E-state index in [4.69, 9.17) is 18.0 Å². The van der Waals surface area contributed by atoms with Gasteiger partial charge in [0, 0.05) is 6.54 Å². The lowest BCUT2D eigenvalue weighted by molar-refractivity contribution is -0.127. The molecule has 0 saturated heterocycles. The molecule has 1 atom stereocenters. The molecule has 1 rings (SSSR count). The summed E-state index contributed by atoms with van der Waals surface area (Å²) >= 11 is 5.00. The van der Waals surface area contributed by atoms with Crippen LogP contribution in [0.25, 0.3) is 0 Å². The Labute approximate surface area is 126 Å². The molecule has 0 aliphatic heterocycles. The van der Waals surface area contributed by atoms with Crippen LogP contribution in [0.4, 0.5) is 0 Å². The molecule has 1 unspecified atom stereocenters. The predicted molar refractivity (Wildman–Crippen MR) is 87.6 cm³/mol. The minimum Gasteiger partial charge on any atom is -0.392 e. The van der Waals surface area contributed by atoms with E-state index in [-0.39, 0.29) is 10.9 Å². The molecule has 1 aromatic rings. The van der Waals surface area contributed by atoms with Gasteiger partial charge in [-0.2, -0.15) is 0 Å². The van der Waals surface area contributed by atoms with Crippen molar-refractivity contribution in [3.8, 4) is 0 Å². The summed E-state index contributed by atoms with van der Waals surface area (Å²) < 4.78 is 0. The fourth-order valence-electron chi connectivity index (χ4n) is 1.84. The van der Waals surface area contributed by atoms with Crippen molar-refractivity contribution in [2.24, 2.45) is 11.1 Å². The van der Waals surface area contributed by atoms with Gasteiger partial charge in [-0.25, -0.2) is 0 Å². The van der Waals surface area contributed by atoms with E-state index in [0.717, 1.165) is 5.56 Å². The van der Waals surface area contributed by atoms with E-state index in [0.29, 0.717) is 18.9 Å². The lowest BCUT2D eigenvalue weighted by Gasteiger charge is -2.25. The summed E-state index contributed by atoms with van der Waals surface area (Å²) in [6.07, 6.45) is 0.598. The number of benzene rings is 1. The summed E-state index contributed by atoms with van der Waals surface area (Å²) in [5, 5.41) is 2.91. The lowest BCUT2D eigenvalue weighted by atomic mass is 9.86. The van der Waals surface area contributed by atoms with Crippen molar-refractivity contribution in [3.05, 3.63) is 35.4 Å².